The van der Waals surface area contributed by atoms with Crippen molar-refractivity contribution in [1.82, 2.24) is 4.90 Å². The molecule has 126 valence electrons. The first-order valence-electron chi connectivity index (χ1n) is 7.10. The topological polar surface area (TPSA) is 101 Å². The fraction of sp³-hybridized carbons (Fsp3) is 0.467. The highest BCUT2D eigenvalue weighted by Gasteiger charge is 2.20. The molecule has 7 nitrogen and oxygen atoms in total. The highest BCUT2D eigenvalue weighted by Crippen LogP contribution is 2.31. The van der Waals surface area contributed by atoms with Gasteiger partial charge < -0.3 is 10.0 Å². The van der Waals surface area contributed by atoms with Crippen LogP contribution in [0.2, 0.25) is 0 Å². The van der Waals surface area contributed by atoms with Gasteiger partial charge in [0.05, 0.1) is 9.82 Å². The Bertz CT molecular complexity index is 604. The van der Waals surface area contributed by atoms with Crippen molar-refractivity contribution in [3.05, 3.63) is 33.9 Å². The van der Waals surface area contributed by atoms with E-state index in [1.807, 2.05) is 0 Å². The molecule has 0 spiro atoms. The largest absolute Gasteiger partial charge is 0.480 e. The summed E-state index contributed by atoms with van der Waals surface area (Å²) in [7, 11) is 1.34. The molecule has 0 fully saturated rings. The molecule has 0 bridgehead atoms. The number of amides is 1. The minimum absolute atomic E-state index is 0.105. The van der Waals surface area contributed by atoms with Gasteiger partial charge in [0.2, 0.25) is 0 Å². The summed E-state index contributed by atoms with van der Waals surface area (Å²) in [6.45, 7) is 3.70. The average Bonchev–Trinajstić information content (AvgIpc) is 2.45. The molecule has 0 heterocycles. The lowest BCUT2D eigenvalue weighted by Crippen LogP contribution is -2.31. The molecule has 0 atom stereocenters. The number of hydrogen-bond acceptors (Lipinski definition) is 5. The monoisotopic (exact) mass is 340 g/mol. The standard InChI is InChI=1S/C15H20N2O5S/c1-10(2)6-7-23-13-5-4-11(8-12(13)17(21)22)15(20)16(3)9-14(18)19/h4-5,8,10H,6-7,9H2,1-3H3,(H,18,19). The number of thioether (sulfide) groups is 1. The Morgan fingerprint density at radius 3 is 2.57 bits per heavy atom. The molecule has 0 unspecified atom stereocenters. The molecule has 0 radical (unpaired) electrons. The molecule has 0 saturated carbocycles. The van der Waals surface area contributed by atoms with Gasteiger partial charge in [0.1, 0.15) is 6.54 Å². The third-order valence-electron chi connectivity index (χ3n) is 3.07. The van der Waals surface area contributed by atoms with Crippen LogP contribution in [0.25, 0.3) is 0 Å². The van der Waals surface area contributed by atoms with Gasteiger partial charge >= 0.3 is 5.97 Å². The Balaban J connectivity index is 2.96. The van der Waals surface area contributed by atoms with E-state index < -0.39 is 23.3 Å². The smallest absolute Gasteiger partial charge is 0.323 e. The van der Waals surface area contributed by atoms with Gasteiger partial charge in [-0.05, 0) is 30.2 Å². The number of benzene rings is 1. The molecule has 0 aromatic heterocycles. The number of carbonyl (C=O) groups excluding carboxylic acids is 1. The molecule has 1 aromatic rings. The molecule has 1 N–H and O–H groups in total. The lowest BCUT2D eigenvalue weighted by molar-refractivity contribution is -0.387. The van der Waals surface area contributed by atoms with Crippen molar-refractivity contribution in [3.63, 3.8) is 0 Å². The van der Waals surface area contributed by atoms with Crippen molar-refractivity contribution in [1.29, 1.82) is 0 Å². The SMILES string of the molecule is CC(C)CCSc1ccc(C(=O)N(C)CC(=O)O)cc1[N+](=O)[O-]. The molecule has 8 heteroatoms. The molecular weight excluding hydrogens is 320 g/mol. The molecule has 1 aromatic carbocycles. The van der Waals surface area contributed by atoms with Crippen molar-refractivity contribution < 1.29 is 19.6 Å². The van der Waals surface area contributed by atoms with Crippen molar-refractivity contribution >= 4 is 29.3 Å². The molecular formula is C15H20N2O5S. The molecule has 1 rings (SSSR count). The summed E-state index contributed by atoms with van der Waals surface area (Å²) in [5.41, 5.74) is -0.0259. The number of nitrogens with zero attached hydrogens (tertiary/aromatic N) is 2. The van der Waals surface area contributed by atoms with Crippen LogP contribution in [0.3, 0.4) is 0 Å². The van der Waals surface area contributed by atoms with E-state index in [2.05, 4.69) is 13.8 Å². The highest BCUT2D eigenvalue weighted by atomic mass is 32.2. The zero-order chi connectivity index (χ0) is 17.6. The summed E-state index contributed by atoms with van der Waals surface area (Å²) in [5, 5.41) is 19.9. The second-order valence-electron chi connectivity index (χ2n) is 5.53. The van der Waals surface area contributed by atoms with Gasteiger partial charge in [-0.3, -0.25) is 19.7 Å². The van der Waals surface area contributed by atoms with Crippen molar-refractivity contribution in [2.45, 2.75) is 25.2 Å². The third-order valence-corrected chi connectivity index (χ3v) is 4.17. The van der Waals surface area contributed by atoms with Crippen LogP contribution >= 0.6 is 11.8 Å². The van der Waals surface area contributed by atoms with E-state index in [1.165, 1.54) is 30.9 Å². The van der Waals surface area contributed by atoms with Crippen LogP contribution in [0.4, 0.5) is 5.69 Å². The summed E-state index contributed by atoms with van der Waals surface area (Å²) in [4.78, 5) is 35.0. The molecule has 0 aliphatic carbocycles. The Labute approximate surface area is 138 Å². The number of nitro benzene ring substituents is 1. The third kappa shape index (κ3) is 5.90. The fourth-order valence-corrected chi connectivity index (χ4v) is 3.07. The predicted octanol–water partition coefficient (Wildman–Crippen LogP) is 2.89. The van der Waals surface area contributed by atoms with Crippen LogP contribution in [0.15, 0.2) is 23.1 Å². The van der Waals surface area contributed by atoms with Crippen LogP contribution in [0, 0.1) is 16.0 Å². The van der Waals surface area contributed by atoms with Crippen molar-refractivity contribution in [2.24, 2.45) is 5.92 Å². The van der Waals surface area contributed by atoms with Gasteiger partial charge in [0.15, 0.2) is 0 Å². The molecule has 23 heavy (non-hydrogen) atoms. The highest BCUT2D eigenvalue weighted by molar-refractivity contribution is 7.99. The molecule has 1 amide bonds. The minimum Gasteiger partial charge on any atom is -0.480 e. The lowest BCUT2D eigenvalue weighted by Gasteiger charge is -2.14. The Morgan fingerprint density at radius 2 is 2.04 bits per heavy atom. The normalized spacial score (nSPS) is 10.6. The van der Waals surface area contributed by atoms with Gasteiger partial charge in [-0.2, -0.15) is 0 Å². The summed E-state index contributed by atoms with van der Waals surface area (Å²) >= 11 is 1.38. The summed E-state index contributed by atoms with van der Waals surface area (Å²) < 4.78 is 0. The maximum absolute atomic E-state index is 12.1. The second-order valence-corrected chi connectivity index (χ2v) is 6.66. The Kier molecular flexibility index (Phi) is 7.02. The first-order chi connectivity index (χ1) is 10.7. The summed E-state index contributed by atoms with van der Waals surface area (Å²) in [5.74, 6) is -0.442. The zero-order valence-electron chi connectivity index (χ0n) is 13.3. The van der Waals surface area contributed by atoms with E-state index in [-0.39, 0.29) is 11.3 Å². The van der Waals surface area contributed by atoms with Gasteiger partial charge in [0.25, 0.3) is 11.6 Å². The number of carboxylic acid groups (broad SMARTS) is 1. The zero-order valence-corrected chi connectivity index (χ0v) is 14.1. The van der Waals surface area contributed by atoms with Crippen LogP contribution in [0.5, 0.6) is 0 Å². The van der Waals surface area contributed by atoms with Crippen LogP contribution < -0.4 is 0 Å². The summed E-state index contributed by atoms with van der Waals surface area (Å²) in [6.07, 6.45) is 0.934. The van der Waals surface area contributed by atoms with Crippen molar-refractivity contribution in [3.8, 4) is 0 Å². The number of rotatable bonds is 8. The number of likely N-dealkylation sites (N-methyl/N-ethyl adjacent to an activating group) is 1. The average molecular weight is 340 g/mol. The number of carboxylic acids is 1. The van der Waals surface area contributed by atoms with Crippen molar-refractivity contribution in [2.75, 3.05) is 19.3 Å². The number of aliphatic carboxylic acids is 1. The predicted molar refractivity (Wildman–Crippen MR) is 87.9 cm³/mol. The van der Waals surface area contributed by atoms with E-state index >= 15 is 0 Å². The second kappa shape index (κ2) is 8.52. The van der Waals surface area contributed by atoms with Gasteiger partial charge in [-0.15, -0.1) is 11.8 Å². The first-order valence-corrected chi connectivity index (χ1v) is 8.09. The lowest BCUT2D eigenvalue weighted by atomic mass is 10.2. The van der Waals surface area contributed by atoms with Gasteiger partial charge in [-0.25, -0.2) is 0 Å². The van der Waals surface area contributed by atoms with E-state index in [0.29, 0.717) is 10.8 Å². The quantitative estimate of drug-likeness (QED) is 0.443. The number of carbonyl (C=O) groups is 2. The van der Waals surface area contributed by atoms with Gasteiger partial charge in [-0.1, -0.05) is 13.8 Å². The van der Waals surface area contributed by atoms with Gasteiger partial charge in [0, 0.05) is 18.7 Å². The number of hydrogen-bond donors (Lipinski definition) is 1. The van der Waals surface area contributed by atoms with E-state index in [1.54, 1.807) is 6.07 Å². The first kappa shape index (κ1) is 19.0. The van der Waals surface area contributed by atoms with E-state index in [9.17, 15) is 19.7 Å². The Morgan fingerprint density at radius 1 is 1.39 bits per heavy atom. The van der Waals surface area contributed by atoms with E-state index in [4.69, 9.17) is 5.11 Å². The summed E-state index contributed by atoms with van der Waals surface area (Å²) in [6, 6.07) is 4.24. The minimum atomic E-state index is -1.14. The number of nitro groups is 1. The molecule has 0 aliphatic rings. The molecule has 0 aliphatic heterocycles. The molecule has 0 saturated heterocycles. The fourth-order valence-electron chi connectivity index (χ4n) is 1.81. The van der Waals surface area contributed by atoms with Crippen LogP contribution in [0.1, 0.15) is 30.6 Å². The maximum atomic E-state index is 12.1. The maximum Gasteiger partial charge on any atom is 0.323 e. The van der Waals surface area contributed by atoms with E-state index in [0.717, 1.165) is 17.1 Å². The van der Waals surface area contributed by atoms with Crippen LogP contribution in [-0.4, -0.2) is 46.2 Å². The van der Waals surface area contributed by atoms with Crippen LogP contribution in [-0.2, 0) is 4.79 Å². The Hall–Kier alpha value is -2.09.